The molecule has 1 aliphatic rings. The fraction of sp³-hybridized carbons (Fsp3) is 0.529. The van der Waals surface area contributed by atoms with E-state index in [1.807, 2.05) is 27.8 Å². The number of H-pyrrole nitrogens is 1. The number of carbonyl (C=O) groups is 1. The van der Waals surface area contributed by atoms with Crippen molar-refractivity contribution in [3.63, 3.8) is 0 Å². The van der Waals surface area contributed by atoms with E-state index in [1.54, 1.807) is 4.68 Å². The van der Waals surface area contributed by atoms with Crippen molar-refractivity contribution < 1.29 is 4.79 Å². The first-order valence-electron chi connectivity index (χ1n) is 8.49. The zero-order valence-electron chi connectivity index (χ0n) is 15.1. The summed E-state index contributed by atoms with van der Waals surface area (Å²) >= 11 is 0. The number of anilines is 1. The molecule has 0 spiro atoms. The van der Waals surface area contributed by atoms with Gasteiger partial charge < -0.3 is 10.2 Å². The number of aromatic nitrogens is 4. The van der Waals surface area contributed by atoms with E-state index in [0.29, 0.717) is 17.2 Å². The molecule has 3 rings (SSSR count). The van der Waals surface area contributed by atoms with Crippen LogP contribution >= 0.6 is 0 Å². The molecule has 2 N–H and O–H groups in total. The molecule has 25 heavy (non-hydrogen) atoms. The van der Waals surface area contributed by atoms with Gasteiger partial charge in [-0.2, -0.15) is 5.10 Å². The lowest BCUT2D eigenvalue weighted by Crippen LogP contribution is -2.45. The number of nitrogens with zero attached hydrogens (tertiary/aromatic N) is 4. The van der Waals surface area contributed by atoms with E-state index < -0.39 is 0 Å². The summed E-state index contributed by atoms with van der Waals surface area (Å²) in [5.74, 6) is 0.539. The molecule has 8 nitrogen and oxygen atoms in total. The van der Waals surface area contributed by atoms with Crippen molar-refractivity contribution >= 4 is 11.9 Å². The smallest absolute Gasteiger partial charge is 0.255 e. The van der Waals surface area contributed by atoms with Gasteiger partial charge in [-0.3, -0.25) is 19.3 Å². The van der Waals surface area contributed by atoms with Crippen LogP contribution in [0.25, 0.3) is 0 Å². The van der Waals surface area contributed by atoms with Crippen LogP contribution in [-0.4, -0.2) is 44.8 Å². The van der Waals surface area contributed by atoms with Gasteiger partial charge in [-0.25, -0.2) is 4.98 Å². The number of hydrogen-bond donors (Lipinski definition) is 2. The van der Waals surface area contributed by atoms with Crippen molar-refractivity contribution in [2.75, 3.05) is 18.0 Å². The molecule has 2 aromatic heterocycles. The Balaban J connectivity index is 1.63. The lowest BCUT2D eigenvalue weighted by atomic mass is 10.0. The van der Waals surface area contributed by atoms with Crippen LogP contribution in [0.5, 0.6) is 0 Å². The van der Waals surface area contributed by atoms with Gasteiger partial charge in [0.05, 0.1) is 11.3 Å². The first-order chi connectivity index (χ1) is 11.8. The fourth-order valence-corrected chi connectivity index (χ4v) is 3.31. The second kappa shape index (κ2) is 6.70. The van der Waals surface area contributed by atoms with Crippen LogP contribution in [-0.2, 0) is 7.05 Å². The highest BCUT2D eigenvalue weighted by Crippen LogP contribution is 2.17. The van der Waals surface area contributed by atoms with E-state index in [4.69, 9.17) is 0 Å². The number of hydrogen-bond acceptors (Lipinski definition) is 5. The van der Waals surface area contributed by atoms with Crippen molar-refractivity contribution in [3.05, 3.63) is 39.1 Å². The first kappa shape index (κ1) is 17.2. The molecule has 134 valence electrons. The largest absolute Gasteiger partial charge is 0.349 e. The van der Waals surface area contributed by atoms with E-state index in [9.17, 15) is 9.59 Å². The molecule has 0 aromatic carbocycles. The molecule has 0 saturated carbocycles. The predicted molar refractivity (Wildman–Crippen MR) is 95.0 cm³/mol. The standard InChI is InChI=1S/C17H24N6O2/c1-10-9-14(24)20-17(18-10)23-7-5-13(6-8-23)19-16(25)15-11(2)21-22(4)12(15)3/h9,13H,5-8H2,1-4H3,(H,19,25)(H,18,20,24). The van der Waals surface area contributed by atoms with E-state index in [-0.39, 0.29) is 17.5 Å². The molecule has 3 heterocycles. The van der Waals surface area contributed by atoms with E-state index in [2.05, 4.69) is 25.3 Å². The third-order valence-electron chi connectivity index (χ3n) is 4.72. The number of amides is 1. The average molecular weight is 344 g/mol. The molecular formula is C17H24N6O2. The van der Waals surface area contributed by atoms with Crippen molar-refractivity contribution in [2.45, 2.75) is 39.7 Å². The maximum Gasteiger partial charge on any atom is 0.255 e. The number of nitrogens with one attached hydrogen (secondary N) is 2. The lowest BCUT2D eigenvalue weighted by molar-refractivity contribution is 0.0929. The highest BCUT2D eigenvalue weighted by Gasteiger charge is 2.25. The number of aromatic amines is 1. The van der Waals surface area contributed by atoms with Gasteiger partial charge >= 0.3 is 0 Å². The molecule has 1 fully saturated rings. The van der Waals surface area contributed by atoms with Crippen LogP contribution in [0.15, 0.2) is 10.9 Å². The minimum absolute atomic E-state index is 0.0661. The Kier molecular flexibility index (Phi) is 4.61. The predicted octanol–water partition coefficient (Wildman–Crippen LogP) is 0.827. The molecule has 0 bridgehead atoms. The molecule has 1 saturated heterocycles. The first-order valence-corrected chi connectivity index (χ1v) is 8.49. The third kappa shape index (κ3) is 3.57. The van der Waals surface area contributed by atoms with E-state index in [0.717, 1.165) is 37.3 Å². The number of carbonyl (C=O) groups excluding carboxylic acids is 1. The summed E-state index contributed by atoms with van der Waals surface area (Å²) in [5, 5.41) is 7.41. The Morgan fingerprint density at radius 3 is 2.52 bits per heavy atom. The minimum atomic E-state index is -0.138. The van der Waals surface area contributed by atoms with Gasteiger partial charge in [-0.15, -0.1) is 0 Å². The number of aryl methyl sites for hydroxylation is 3. The summed E-state index contributed by atoms with van der Waals surface area (Å²) in [7, 11) is 1.84. The van der Waals surface area contributed by atoms with E-state index in [1.165, 1.54) is 6.07 Å². The lowest BCUT2D eigenvalue weighted by Gasteiger charge is -2.32. The van der Waals surface area contributed by atoms with Gasteiger partial charge in [-0.1, -0.05) is 0 Å². The Morgan fingerprint density at radius 1 is 1.28 bits per heavy atom. The molecule has 0 radical (unpaired) electrons. The summed E-state index contributed by atoms with van der Waals surface area (Å²) in [6.07, 6.45) is 1.61. The Bertz CT molecular complexity index is 845. The highest BCUT2D eigenvalue weighted by molar-refractivity contribution is 5.96. The van der Waals surface area contributed by atoms with Gasteiger partial charge in [0, 0.05) is 43.6 Å². The molecule has 2 aromatic rings. The average Bonchev–Trinajstić information content (AvgIpc) is 2.79. The van der Waals surface area contributed by atoms with Gasteiger partial charge in [0.1, 0.15) is 0 Å². The maximum absolute atomic E-state index is 12.6. The van der Waals surface area contributed by atoms with Crippen molar-refractivity contribution in [2.24, 2.45) is 7.05 Å². The number of piperidine rings is 1. The molecule has 0 atom stereocenters. The molecule has 0 aliphatic carbocycles. The summed E-state index contributed by atoms with van der Waals surface area (Å²) in [4.78, 5) is 33.4. The SMILES string of the molecule is Cc1cc(=O)[nH]c(N2CCC(NC(=O)c3c(C)nn(C)c3C)CC2)n1. The molecule has 0 unspecified atom stereocenters. The van der Waals surface area contributed by atoms with Crippen molar-refractivity contribution in [1.29, 1.82) is 0 Å². The minimum Gasteiger partial charge on any atom is -0.349 e. The Morgan fingerprint density at radius 2 is 1.96 bits per heavy atom. The van der Waals surface area contributed by atoms with Gasteiger partial charge in [-0.05, 0) is 33.6 Å². The summed E-state index contributed by atoms with van der Waals surface area (Å²) < 4.78 is 1.73. The van der Waals surface area contributed by atoms with Crippen LogP contribution < -0.4 is 15.8 Å². The van der Waals surface area contributed by atoms with Crippen LogP contribution in [0.2, 0.25) is 0 Å². The quantitative estimate of drug-likeness (QED) is 0.860. The second-order valence-electron chi connectivity index (χ2n) is 6.61. The van der Waals surface area contributed by atoms with Gasteiger partial charge in [0.2, 0.25) is 5.95 Å². The van der Waals surface area contributed by atoms with Crippen LogP contribution in [0.4, 0.5) is 5.95 Å². The molecular weight excluding hydrogens is 320 g/mol. The topological polar surface area (TPSA) is 95.9 Å². The highest BCUT2D eigenvalue weighted by atomic mass is 16.1. The zero-order chi connectivity index (χ0) is 18.1. The van der Waals surface area contributed by atoms with Crippen LogP contribution in [0.1, 0.15) is 40.3 Å². The van der Waals surface area contributed by atoms with Gasteiger partial charge in [0.25, 0.3) is 11.5 Å². The number of rotatable bonds is 3. The fourth-order valence-electron chi connectivity index (χ4n) is 3.31. The Labute approximate surface area is 146 Å². The maximum atomic E-state index is 12.6. The monoisotopic (exact) mass is 344 g/mol. The zero-order valence-corrected chi connectivity index (χ0v) is 15.1. The third-order valence-corrected chi connectivity index (χ3v) is 4.72. The van der Waals surface area contributed by atoms with Crippen molar-refractivity contribution in [3.8, 4) is 0 Å². The van der Waals surface area contributed by atoms with Crippen LogP contribution in [0.3, 0.4) is 0 Å². The summed E-state index contributed by atoms with van der Waals surface area (Å²) in [5.41, 5.74) is 2.84. The van der Waals surface area contributed by atoms with Crippen molar-refractivity contribution in [1.82, 2.24) is 25.1 Å². The van der Waals surface area contributed by atoms with Crippen LogP contribution in [0, 0.1) is 20.8 Å². The van der Waals surface area contributed by atoms with Gasteiger partial charge in [0.15, 0.2) is 0 Å². The Hall–Kier alpha value is -2.64. The molecule has 1 aliphatic heterocycles. The molecule has 8 heteroatoms. The second-order valence-corrected chi connectivity index (χ2v) is 6.61. The summed E-state index contributed by atoms with van der Waals surface area (Å²) in [6.45, 7) is 7.04. The van der Waals surface area contributed by atoms with E-state index >= 15 is 0 Å². The normalized spacial score (nSPS) is 15.4. The summed E-state index contributed by atoms with van der Waals surface area (Å²) in [6, 6.07) is 1.59. The molecule has 1 amide bonds.